The van der Waals surface area contributed by atoms with E-state index in [9.17, 15) is 22.8 Å². The summed E-state index contributed by atoms with van der Waals surface area (Å²) in [6.07, 6.45) is -1.81. The van der Waals surface area contributed by atoms with Crippen molar-refractivity contribution in [3.63, 3.8) is 0 Å². The predicted molar refractivity (Wildman–Crippen MR) is 99.1 cm³/mol. The van der Waals surface area contributed by atoms with Gasteiger partial charge in [0.05, 0.1) is 24.5 Å². The van der Waals surface area contributed by atoms with Gasteiger partial charge in [0.2, 0.25) is 11.8 Å². The Morgan fingerprint density at radius 3 is 2.71 bits per heavy atom. The molecule has 4 heterocycles. The van der Waals surface area contributed by atoms with Gasteiger partial charge in [-0.2, -0.15) is 0 Å². The Morgan fingerprint density at radius 2 is 2.06 bits per heavy atom. The number of nitrogens with one attached hydrogen (secondary N) is 1. The molecule has 31 heavy (non-hydrogen) atoms. The van der Waals surface area contributed by atoms with Crippen molar-refractivity contribution in [3.8, 4) is 5.75 Å². The first kappa shape index (κ1) is 19.6. The molecule has 0 saturated carbocycles. The Labute approximate surface area is 173 Å². The maximum atomic E-state index is 13.2. The quantitative estimate of drug-likeness (QED) is 0.743. The van der Waals surface area contributed by atoms with Gasteiger partial charge in [-0.15, -0.1) is 13.2 Å². The van der Waals surface area contributed by atoms with Crippen LogP contribution in [0.15, 0.2) is 47.0 Å². The van der Waals surface area contributed by atoms with Gasteiger partial charge < -0.3 is 19.3 Å². The highest BCUT2D eigenvalue weighted by Gasteiger charge is 2.67. The molecule has 0 aliphatic carbocycles. The number of aromatic nitrogens is 1. The van der Waals surface area contributed by atoms with Gasteiger partial charge in [0.1, 0.15) is 17.1 Å². The van der Waals surface area contributed by atoms with Crippen molar-refractivity contribution < 1.29 is 36.8 Å². The number of carbonyl (C=O) groups is 2. The minimum Gasteiger partial charge on any atom is -0.406 e. The number of nitrogens with zero attached hydrogens (tertiary/aromatic N) is 2. The summed E-state index contributed by atoms with van der Waals surface area (Å²) in [5, 5.41) is 6.54. The van der Waals surface area contributed by atoms with Crippen LogP contribution in [0.1, 0.15) is 5.76 Å². The number of ether oxygens (including phenoxy) is 2. The van der Waals surface area contributed by atoms with E-state index in [1.165, 1.54) is 17.0 Å². The highest BCUT2D eigenvalue weighted by Crippen LogP contribution is 2.52. The van der Waals surface area contributed by atoms with Gasteiger partial charge in [-0.05, 0) is 31.2 Å². The van der Waals surface area contributed by atoms with Gasteiger partial charge >= 0.3 is 6.36 Å². The van der Waals surface area contributed by atoms with Crippen molar-refractivity contribution in [2.75, 3.05) is 16.8 Å². The summed E-state index contributed by atoms with van der Waals surface area (Å²) in [7, 11) is 0. The maximum Gasteiger partial charge on any atom is 0.573 e. The topological polar surface area (TPSA) is 93.9 Å². The minimum atomic E-state index is -4.80. The average Bonchev–Trinajstić information content (AvgIpc) is 3.43. The van der Waals surface area contributed by atoms with Crippen LogP contribution in [0.2, 0.25) is 0 Å². The summed E-state index contributed by atoms with van der Waals surface area (Å²) in [5.74, 6) is -1.79. The number of rotatable bonds is 4. The molecule has 8 nitrogen and oxygen atoms in total. The van der Waals surface area contributed by atoms with Crippen LogP contribution in [0.5, 0.6) is 5.75 Å². The number of anilines is 2. The summed E-state index contributed by atoms with van der Waals surface area (Å²) in [6.45, 7) is 1.92. The standard InChI is InChI=1S/C20H16F3N3O5/c1-10-8-14(25-31-10)26-9-19-7-6-13(30-19)15(16(19)18(26)28)17(27)24-11-2-4-12(5-3-11)29-20(21,22)23/h2-8,13,15-16H,9H2,1H3,(H,24,27)/t13-,15-,16+,19-/m1/s1. The molecule has 1 N–H and O–H groups in total. The lowest BCUT2D eigenvalue weighted by molar-refractivity contribution is -0.274. The smallest absolute Gasteiger partial charge is 0.406 e. The second-order valence-corrected chi connectivity index (χ2v) is 7.68. The van der Waals surface area contributed by atoms with Crippen molar-refractivity contribution in [2.45, 2.75) is 25.0 Å². The first-order valence-electron chi connectivity index (χ1n) is 9.44. The van der Waals surface area contributed by atoms with Crippen LogP contribution in [0.3, 0.4) is 0 Å². The molecular weight excluding hydrogens is 419 g/mol. The number of aryl methyl sites for hydroxylation is 1. The predicted octanol–water partition coefficient (Wildman–Crippen LogP) is 2.81. The number of hydrogen-bond donors (Lipinski definition) is 1. The molecule has 3 aliphatic rings. The minimum absolute atomic E-state index is 0.211. The van der Waals surface area contributed by atoms with Crippen LogP contribution in [-0.2, 0) is 14.3 Å². The van der Waals surface area contributed by atoms with E-state index in [0.717, 1.165) is 12.1 Å². The number of fused-ring (bicyclic) bond motifs is 1. The molecule has 162 valence electrons. The molecule has 1 spiro atoms. The fraction of sp³-hybridized carbons (Fsp3) is 0.350. The molecule has 4 atom stereocenters. The third-order valence-electron chi connectivity index (χ3n) is 5.65. The van der Waals surface area contributed by atoms with Crippen molar-refractivity contribution in [1.29, 1.82) is 0 Å². The fourth-order valence-electron chi connectivity index (χ4n) is 4.44. The van der Waals surface area contributed by atoms with E-state index in [-0.39, 0.29) is 18.1 Å². The third-order valence-corrected chi connectivity index (χ3v) is 5.65. The van der Waals surface area contributed by atoms with Crippen molar-refractivity contribution in [2.24, 2.45) is 11.8 Å². The van der Waals surface area contributed by atoms with Gasteiger partial charge in [-0.3, -0.25) is 14.5 Å². The second kappa shape index (κ2) is 6.58. The zero-order chi connectivity index (χ0) is 22.0. The second-order valence-electron chi connectivity index (χ2n) is 7.68. The molecule has 3 aliphatic heterocycles. The Kier molecular flexibility index (Phi) is 4.16. The molecule has 0 radical (unpaired) electrons. The van der Waals surface area contributed by atoms with E-state index in [0.29, 0.717) is 11.6 Å². The SMILES string of the molecule is Cc1cc(N2C[C@@]34C=C[C@@H](O3)[C@@H](C(=O)Nc3ccc(OC(F)(F)F)cc3)[C@H]4C2=O)no1. The van der Waals surface area contributed by atoms with Crippen molar-refractivity contribution >= 4 is 23.3 Å². The van der Waals surface area contributed by atoms with E-state index in [1.807, 2.05) is 0 Å². The normalized spacial score (nSPS) is 28.8. The van der Waals surface area contributed by atoms with Crippen molar-refractivity contribution in [3.05, 3.63) is 48.2 Å². The highest BCUT2D eigenvalue weighted by molar-refractivity contribution is 6.05. The molecule has 11 heteroatoms. The molecule has 2 fully saturated rings. The molecule has 2 saturated heterocycles. The molecule has 2 aromatic rings. The van der Waals surface area contributed by atoms with Gasteiger partial charge in [0, 0.05) is 11.8 Å². The van der Waals surface area contributed by atoms with Crippen LogP contribution in [0, 0.1) is 18.8 Å². The van der Waals surface area contributed by atoms with Gasteiger partial charge in [-0.25, -0.2) is 0 Å². The Balaban J connectivity index is 1.34. The lowest BCUT2D eigenvalue weighted by atomic mass is 9.77. The van der Waals surface area contributed by atoms with Crippen LogP contribution in [0.25, 0.3) is 0 Å². The van der Waals surface area contributed by atoms with E-state index in [2.05, 4.69) is 15.2 Å². The van der Waals surface area contributed by atoms with Crippen LogP contribution in [0.4, 0.5) is 24.7 Å². The molecule has 5 rings (SSSR count). The third kappa shape index (κ3) is 3.25. The summed E-state index contributed by atoms with van der Waals surface area (Å²) < 4.78 is 51.8. The number of alkyl halides is 3. The Bertz CT molecular complexity index is 1080. The lowest BCUT2D eigenvalue weighted by Crippen LogP contribution is -2.41. The maximum absolute atomic E-state index is 13.2. The Morgan fingerprint density at radius 1 is 1.32 bits per heavy atom. The van der Waals surface area contributed by atoms with Crippen LogP contribution in [-0.4, -0.2) is 41.6 Å². The first-order chi connectivity index (χ1) is 14.7. The molecule has 2 amide bonds. The summed E-state index contributed by atoms with van der Waals surface area (Å²) >= 11 is 0. The van der Waals surface area contributed by atoms with E-state index < -0.39 is 41.6 Å². The average molecular weight is 435 g/mol. The van der Waals surface area contributed by atoms with Gasteiger partial charge in [-0.1, -0.05) is 17.3 Å². The zero-order valence-electron chi connectivity index (χ0n) is 16.1. The van der Waals surface area contributed by atoms with Crippen molar-refractivity contribution in [1.82, 2.24) is 5.16 Å². The summed E-state index contributed by atoms with van der Waals surface area (Å²) in [4.78, 5) is 27.6. The zero-order valence-corrected chi connectivity index (χ0v) is 16.1. The molecule has 1 aromatic carbocycles. The molecule has 1 aromatic heterocycles. The number of benzene rings is 1. The van der Waals surface area contributed by atoms with E-state index in [4.69, 9.17) is 9.26 Å². The largest absolute Gasteiger partial charge is 0.573 e. The number of hydrogen-bond acceptors (Lipinski definition) is 6. The monoisotopic (exact) mass is 435 g/mol. The van der Waals surface area contributed by atoms with Crippen LogP contribution < -0.4 is 15.0 Å². The first-order valence-corrected chi connectivity index (χ1v) is 9.44. The molecule has 0 unspecified atom stereocenters. The number of amides is 2. The lowest BCUT2D eigenvalue weighted by Gasteiger charge is -2.23. The Hall–Kier alpha value is -3.34. The highest BCUT2D eigenvalue weighted by atomic mass is 19.4. The fourth-order valence-corrected chi connectivity index (χ4v) is 4.44. The van der Waals surface area contributed by atoms with Crippen LogP contribution >= 0.6 is 0 Å². The van der Waals surface area contributed by atoms with Gasteiger partial charge in [0.25, 0.3) is 0 Å². The van der Waals surface area contributed by atoms with Gasteiger partial charge in [0.15, 0.2) is 5.82 Å². The van der Waals surface area contributed by atoms with E-state index >= 15 is 0 Å². The number of carbonyl (C=O) groups excluding carboxylic acids is 2. The number of halogens is 3. The molecular formula is C20H16F3N3O5. The summed E-state index contributed by atoms with van der Waals surface area (Å²) in [5.41, 5.74) is -0.657. The summed E-state index contributed by atoms with van der Waals surface area (Å²) in [6, 6.07) is 6.40. The van der Waals surface area contributed by atoms with E-state index in [1.54, 1.807) is 25.1 Å². The molecule has 2 bridgehead atoms.